The molecule has 7 heteroatoms. The van der Waals surface area contributed by atoms with Gasteiger partial charge in [-0.3, -0.25) is 24.2 Å². The van der Waals surface area contributed by atoms with Crippen LogP contribution in [0.15, 0.2) is 35.0 Å². The van der Waals surface area contributed by atoms with Gasteiger partial charge in [-0.1, -0.05) is 12.2 Å². The molecular weight excluding hydrogens is 334 g/mol. The number of allylic oxidation sites excluding steroid dienone is 2. The van der Waals surface area contributed by atoms with Gasteiger partial charge in [-0.15, -0.1) is 0 Å². The first-order valence-corrected chi connectivity index (χ1v) is 8.95. The minimum absolute atomic E-state index is 0.0713. The molecule has 7 nitrogen and oxygen atoms in total. The molecule has 140 valence electrons. The Hall–Kier alpha value is -2.41. The SMILES string of the molecule is CN(C)[C@H](CNC(=O)CCN1C(=O)[C@H]2CC=CC[C@@H]2C1=O)c1ccco1. The summed E-state index contributed by atoms with van der Waals surface area (Å²) in [5.41, 5.74) is 0. The fraction of sp³-hybridized carbons (Fsp3) is 0.526. The zero-order chi connectivity index (χ0) is 18.7. The second kappa shape index (κ2) is 7.86. The van der Waals surface area contributed by atoms with E-state index in [1.165, 1.54) is 4.90 Å². The molecule has 0 saturated carbocycles. The average Bonchev–Trinajstić information content (AvgIpc) is 3.22. The molecule has 1 aromatic heterocycles. The van der Waals surface area contributed by atoms with E-state index in [2.05, 4.69) is 5.32 Å². The van der Waals surface area contributed by atoms with Gasteiger partial charge in [-0.05, 0) is 39.1 Å². The number of rotatable bonds is 7. The summed E-state index contributed by atoms with van der Waals surface area (Å²) in [6.07, 6.45) is 6.86. The second-order valence-corrected chi connectivity index (χ2v) is 7.03. The molecule has 1 N–H and O–H groups in total. The van der Waals surface area contributed by atoms with Gasteiger partial charge in [0.25, 0.3) is 0 Å². The molecule has 0 bridgehead atoms. The molecule has 3 amide bonds. The van der Waals surface area contributed by atoms with Crippen LogP contribution >= 0.6 is 0 Å². The van der Waals surface area contributed by atoms with E-state index in [0.717, 1.165) is 5.76 Å². The van der Waals surface area contributed by atoms with E-state index in [1.807, 2.05) is 43.3 Å². The van der Waals surface area contributed by atoms with E-state index >= 15 is 0 Å². The molecule has 0 spiro atoms. The minimum Gasteiger partial charge on any atom is -0.468 e. The van der Waals surface area contributed by atoms with Crippen molar-refractivity contribution in [1.29, 1.82) is 0 Å². The Morgan fingerprint density at radius 1 is 1.27 bits per heavy atom. The number of hydrogen-bond donors (Lipinski definition) is 1. The Labute approximate surface area is 153 Å². The van der Waals surface area contributed by atoms with Gasteiger partial charge < -0.3 is 9.73 Å². The average molecular weight is 359 g/mol. The number of nitrogens with one attached hydrogen (secondary N) is 1. The predicted molar refractivity (Wildman–Crippen MR) is 94.8 cm³/mol. The number of carbonyl (C=O) groups is 3. The van der Waals surface area contributed by atoms with E-state index in [9.17, 15) is 14.4 Å². The quantitative estimate of drug-likeness (QED) is 0.587. The lowest BCUT2D eigenvalue weighted by Gasteiger charge is -2.23. The molecular formula is C19H25N3O4. The van der Waals surface area contributed by atoms with Gasteiger partial charge >= 0.3 is 0 Å². The maximum atomic E-state index is 12.4. The smallest absolute Gasteiger partial charge is 0.233 e. The van der Waals surface area contributed by atoms with Gasteiger partial charge in [0, 0.05) is 19.5 Å². The number of carbonyl (C=O) groups excluding carboxylic acids is 3. The molecule has 1 saturated heterocycles. The van der Waals surface area contributed by atoms with Crippen molar-refractivity contribution >= 4 is 17.7 Å². The van der Waals surface area contributed by atoms with Crippen molar-refractivity contribution in [2.45, 2.75) is 25.3 Å². The monoisotopic (exact) mass is 359 g/mol. The summed E-state index contributed by atoms with van der Waals surface area (Å²) in [6, 6.07) is 3.61. The van der Waals surface area contributed by atoms with Gasteiger partial charge in [0.15, 0.2) is 0 Å². The Balaban J connectivity index is 1.50. The fourth-order valence-electron chi connectivity index (χ4n) is 3.62. The van der Waals surface area contributed by atoms with Crippen molar-refractivity contribution in [3.8, 4) is 0 Å². The molecule has 2 aliphatic rings. The number of likely N-dealkylation sites (N-methyl/N-ethyl adjacent to an activating group) is 1. The number of imide groups is 1. The van der Waals surface area contributed by atoms with E-state index < -0.39 is 0 Å². The van der Waals surface area contributed by atoms with Crippen LogP contribution in [0, 0.1) is 11.8 Å². The summed E-state index contributed by atoms with van der Waals surface area (Å²) < 4.78 is 5.42. The minimum atomic E-state index is -0.243. The van der Waals surface area contributed by atoms with E-state index in [0.29, 0.717) is 19.4 Å². The van der Waals surface area contributed by atoms with Crippen molar-refractivity contribution < 1.29 is 18.8 Å². The Kier molecular flexibility index (Phi) is 5.56. The van der Waals surface area contributed by atoms with Gasteiger partial charge in [0.2, 0.25) is 17.7 Å². The molecule has 1 aromatic rings. The Morgan fingerprint density at radius 3 is 2.46 bits per heavy atom. The number of amides is 3. The molecule has 3 atom stereocenters. The third-order valence-electron chi connectivity index (χ3n) is 5.15. The first-order chi connectivity index (χ1) is 12.5. The molecule has 3 rings (SSSR count). The zero-order valence-electron chi connectivity index (χ0n) is 15.2. The molecule has 2 heterocycles. The topological polar surface area (TPSA) is 82.9 Å². The van der Waals surface area contributed by atoms with Crippen molar-refractivity contribution in [2.24, 2.45) is 11.8 Å². The third-order valence-corrected chi connectivity index (χ3v) is 5.15. The number of hydrogen-bond acceptors (Lipinski definition) is 5. The predicted octanol–water partition coefficient (Wildman–Crippen LogP) is 1.34. The highest BCUT2D eigenvalue weighted by Gasteiger charge is 2.46. The summed E-state index contributed by atoms with van der Waals surface area (Å²) in [5, 5.41) is 2.87. The van der Waals surface area contributed by atoms with Crippen molar-refractivity contribution in [1.82, 2.24) is 15.1 Å². The van der Waals surface area contributed by atoms with Crippen LogP contribution in [0.3, 0.4) is 0 Å². The fourth-order valence-corrected chi connectivity index (χ4v) is 3.62. The second-order valence-electron chi connectivity index (χ2n) is 7.03. The molecule has 0 aromatic carbocycles. The van der Waals surface area contributed by atoms with Crippen molar-refractivity contribution in [3.63, 3.8) is 0 Å². The van der Waals surface area contributed by atoms with Crippen LogP contribution in [0.1, 0.15) is 31.1 Å². The summed E-state index contributed by atoms with van der Waals surface area (Å²) in [6.45, 7) is 0.542. The molecule has 0 radical (unpaired) electrons. The molecule has 1 fully saturated rings. The summed E-state index contributed by atoms with van der Waals surface area (Å²) in [7, 11) is 3.83. The molecule has 1 aliphatic heterocycles. The standard InChI is InChI=1S/C19H25N3O4/c1-21(2)15(16-8-5-11-26-16)12-20-17(23)9-10-22-18(24)13-6-3-4-7-14(13)19(22)25/h3-5,8,11,13-15H,6-7,9-10,12H2,1-2H3,(H,20,23)/t13-,14-,15+/m0/s1. The first-order valence-electron chi connectivity index (χ1n) is 8.95. The number of fused-ring (bicyclic) bond motifs is 1. The zero-order valence-corrected chi connectivity index (χ0v) is 15.2. The van der Waals surface area contributed by atoms with Gasteiger partial charge in [0.1, 0.15) is 5.76 Å². The normalized spacial score (nSPS) is 23.4. The third kappa shape index (κ3) is 3.72. The molecule has 1 aliphatic carbocycles. The molecule has 0 unspecified atom stereocenters. The summed E-state index contributed by atoms with van der Waals surface area (Å²) >= 11 is 0. The van der Waals surface area contributed by atoms with Crippen LogP contribution < -0.4 is 5.32 Å². The van der Waals surface area contributed by atoms with Gasteiger partial charge in [0.05, 0.1) is 24.1 Å². The van der Waals surface area contributed by atoms with Gasteiger partial charge in [-0.25, -0.2) is 0 Å². The highest BCUT2D eigenvalue weighted by Crippen LogP contribution is 2.34. The van der Waals surface area contributed by atoms with E-state index in [4.69, 9.17) is 4.42 Å². The van der Waals surface area contributed by atoms with Crippen LogP contribution in [0.2, 0.25) is 0 Å². The Bertz CT molecular complexity index is 670. The Morgan fingerprint density at radius 2 is 1.92 bits per heavy atom. The number of furan rings is 1. The first kappa shape index (κ1) is 18.4. The lowest BCUT2D eigenvalue weighted by Crippen LogP contribution is -2.38. The van der Waals surface area contributed by atoms with Crippen molar-refractivity contribution in [2.75, 3.05) is 27.2 Å². The van der Waals surface area contributed by atoms with Crippen molar-refractivity contribution in [3.05, 3.63) is 36.3 Å². The highest BCUT2D eigenvalue weighted by molar-refractivity contribution is 6.05. The number of likely N-dealkylation sites (tertiary alicyclic amines) is 1. The van der Waals surface area contributed by atoms with E-state index in [-0.39, 0.29) is 48.6 Å². The highest BCUT2D eigenvalue weighted by atomic mass is 16.3. The van der Waals surface area contributed by atoms with Crippen LogP contribution in [0.5, 0.6) is 0 Å². The maximum absolute atomic E-state index is 12.4. The maximum Gasteiger partial charge on any atom is 0.233 e. The largest absolute Gasteiger partial charge is 0.468 e. The van der Waals surface area contributed by atoms with Crippen LogP contribution in [0.4, 0.5) is 0 Å². The lowest BCUT2D eigenvalue weighted by atomic mass is 9.85. The summed E-state index contributed by atoms with van der Waals surface area (Å²) in [4.78, 5) is 40.2. The number of nitrogens with zero attached hydrogens (tertiary/aromatic N) is 2. The van der Waals surface area contributed by atoms with Crippen LogP contribution in [-0.4, -0.2) is 54.7 Å². The summed E-state index contributed by atoms with van der Waals surface area (Å²) in [5.74, 6) is -0.174. The lowest BCUT2D eigenvalue weighted by molar-refractivity contribution is -0.140. The molecule has 26 heavy (non-hydrogen) atoms. The van der Waals surface area contributed by atoms with E-state index in [1.54, 1.807) is 6.26 Å². The van der Waals surface area contributed by atoms with Crippen LogP contribution in [0.25, 0.3) is 0 Å². The van der Waals surface area contributed by atoms with Crippen LogP contribution in [-0.2, 0) is 14.4 Å². The van der Waals surface area contributed by atoms with Gasteiger partial charge in [-0.2, -0.15) is 0 Å².